The van der Waals surface area contributed by atoms with Crippen LogP contribution >= 0.6 is 0 Å². The summed E-state index contributed by atoms with van der Waals surface area (Å²) in [7, 11) is 0. The summed E-state index contributed by atoms with van der Waals surface area (Å²) >= 11 is 0. The fraction of sp³-hybridized carbons (Fsp3) is 0.412. The molecule has 4 nitrogen and oxygen atoms in total. The van der Waals surface area contributed by atoms with Crippen LogP contribution in [0.5, 0.6) is 0 Å². The molecule has 2 aliphatic rings. The van der Waals surface area contributed by atoms with Gasteiger partial charge in [-0.25, -0.2) is 13.8 Å². The van der Waals surface area contributed by atoms with E-state index in [1.54, 1.807) is 6.20 Å². The van der Waals surface area contributed by atoms with E-state index in [1.807, 2.05) is 10.8 Å². The molecule has 6 heteroatoms. The number of nitrogens with one attached hydrogen (secondary N) is 1. The summed E-state index contributed by atoms with van der Waals surface area (Å²) in [6.45, 7) is 0.701. The van der Waals surface area contributed by atoms with Crippen molar-refractivity contribution in [3.8, 4) is 0 Å². The van der Waals surface area contributed by atoms with Crippen molar-refractivity contribution < 1.29 is 13.6 Å². The second-order valence-corrected chi connectivity index (χ2v) is 6.32. The van der Waals surface area contributed by atoms with Crippen LogP contribution in [-0.2, 0) is 17.8 Å². The lowest BCUT2D eigenvalue weighted by molar-refractivity contribution is -0.123. The second kappa shape index (κ2) is 5.44. The van der Waals surface area contributed by atoms with Crippen molar-refractivity contribution in [3.63, 3.8) is 0 Å². The zero-order chi connectivity index (χ0) is 16.0. The molecular weight excluding hydrogens is 300 g/mol. The number of carbonyl (C=O) groups is 1. The fourth-order valence-corrected chi connectivity index (χ4v) is 3.46. The van der Waals surface area contributed by atoms with Crippen LogP contribution in [0.2, 0.25) is 0 Å². The highest BCUT2D eigenvalue weighted by molar-refractivity contribution is 5.83. The third kappa shape index (κ3) is 2.62. The van der Waals surface area contributed by atoms with Crippen molar-refractivity contribution in [3.05, 3.63) is 53.6 Å². The number of benzene rings is 1. The molecule has 120 valence electrons. The molecule has 1 aromatic heterocycles. The van der Waals surface area contributed by atoms with Crippen molar-refractivity contribution in [2.45, 2.75) is 37.8 Å². The van der Waals surface area contributed by atoms with Gasteiger partial charge in [0.1, 0.15) is 17.5 Å². The molecule has 0 unspecified atom stereocenters. The number of carbonyl (C=O) groups excluding carboxylic acids is 1. The number of nitrogens with zero attached hydrogens (tertiary/aromatic N) is 2. The van der Waals surface area contributed by atoms with E-state index in [2.05, 4.69) is 10.3 Å². The zero-order valence-electron chi connectivity index (χ0n) is 12.5. The van der Waals surface area contributed by atoms with Crippen LogP contribution in [0.1, 0.15) is 30.1 Å². The number of aromatic nitrogens is 2. The van der Waals surface area contributed by atoms with E-state index in [4.69, 9.17) is 0 Å². The second-order valence-electron chi connectivity index (χ2n) is 6.32. The largest absolute Gasteiger partial charge is 0.351 e. The van der Waals surface area contributed by atoms with Crippen molar-refractivity contribution in [2.24, 2.45) is 5.92 Å². The maximum absolute atomic E-state index is 13.8. The fourth-order valence-electron chi connectivity index (χ4n) is 3.46. The first kappa shape index (κ1) is 14.4. The Morgan fingerprint density at radius 3 is 2.87 bits per heavy atom. The molecule has 0 saturated heterocycles. The number of hydrogen-bond acceptors (Lipinski definition) is 2. The third-order valence-electron chi connectivity index (χ3n) is 4.78. The van der Waals surface area contributed by atoms with E-state index in [-0.39, 0.29) is 29.3 Å². The van der Waals surface area contributed by atoms with Crippen LogP contribution < -0.4 is 5.32 Å². The number of amides is 1. The number of rotatable bonds is 3. The summed E-state index contributed by atoms with van der Waals surface area (Å²) in [5.74, 6) is -0.870. The quantitative estimate of drug-likeness (QED) is 0.945. The Labute approximate surface area is 132 Å². The summed E-state index contributed by atoms with van der Waals surface area (Å²) in [6, 6.07) is 3.88. The van der Waals surface area contributed by atoms with Gasteiger partial charge in [0, 0.05) is 48.8 Å². The number of halogens is 2. The molecule has 2 aromatic rings. The first-order valence-corrected chi connectivity index (χ1v) is 7.88. The van der Waals surface area contributed by atoms with Crippen molar-refractivity contribution in [2.75, 3.05) is 0 Å². The minimum Gasteiger partial charge on any atom is -0.351 e. The molecule has 1 fully saturated rings. The Balaban J connectivity index is 1.40. The molecule has 1 saturated carbocycles. The van der Waals surface area contributed by atoms with Crippen molar-refractivity contribution in [1.29, 1.82) is 0 Å². The normalized spacial score (nSPS) is 25.7. The smallest absolute Gasteiger partial charge is 0.224 e. The van der Waals surface area contributed by atoms with Gasteiger partial charge in [-0.15, -0.1) is 0 Å². The van der Waals surface area contributed by atoms with Crippen LogP contribution in [0.3, 0.4) is 0 Å². The predicted octanol–water partition coefficient (Wildman–Crippen LogP) is 2.40. The summed E-state index contributed by atoms with van der Waals surface area (Å²) in [4.78, 5) is 16.6. The van der Waals surface area contributed by atoms with Gasteiger partial charge < -0.3 is 9.88 Å². The Kier molecular flexibility index (Phi) is 3.39. The maximum atomic E-state index is 13.8. The van der Waals surface area contributed by atoms with E-state index in [0.717, 1.165) is 18.7 Å². The number of hydrogen-bond donors (Lipinski definition) is 1. The Bertz CT molecular complexity index is 738. The molecule has 0 bridgehead atoms. The molecule has 3 atom stereocenters. The Hall–Kier alpha value is -2.24. The minimum atomic E-state index is -0.564. The molecule has 4 rings (SSSR count). The summed E-state index contributed by atoms with van der Waals surface area (Å²) in [5, 5.41) is 3.02. The number of imidazole rings is 1. The number of aryl methyl sites for hydroxylation is 1. The van der Waals surface area contributed by atoms with Crippen LogP contribution in [0.15, 0.2) is 30.6 Å². The lowest BCUT2D eigenvalue weighted by atomic mass is 10.1. The standard InChI is InChI=1S/C17H17F2N3O/c18-13-2-1-3-14(19)16(13)11-8-12(11)17(23)21-10-4-5-15-20-6-7-22(15)9-10/h1-3,6-7,10-12H,4-5,8-9H2,(H,21,23)/t10-,11+,12+/m1/s1. The average Bonchev–Trinajstić information content (AvgIpc) is 3.16. The van der Waals surface area contributed by atoms with Crippen LogP contribution in [0.4, 0.5) is 8.78 Å². The number of fused-ring (bicyclic) bond motifs is 1. The topological polar surface area (TPSA) is 46.9 Å². The average molecular weight is 317 g/mol. The highest BCUT2D eigenvalue weighted by Gasteiger charge is 2.47. The first-order valence-electron chi connectivity index (χ1n) is 7.88. The molecule has 1 N–H and O–H groups in total. The Morgan fingerprint density at radius 1 is 1.30 bits per heavy atom. The van der Waals surface area contributed by atoms with Crippen LogP contribution in [0.25, 0.3) is 0 Å². The molecule has 1 aliphatic carbocycles. The monoisotopic (exact) mass is 317 g/mol. The van der Waals surface area contributed by atoms with Crippen LogP contribution in [-0.4, -0.2) is 21.5 Å². The molecule has 1 aromatic carbocycles. The van der Waals surface area contributed by atoms with E-state index >= 15 is 0 Å². The molecule has 0 radical (unpaired) electrons. The van der Waals surface area contributed by atoms with Gasteiger partial charge in [-0.3, -0.25) is 4.79 Å². The van der Waals surface area contributed by atoms with E-state index in [9.17, 15) is 13.6 Å². The molecule has 2 heterocycles. The molecule has 1 aliphatic heterocycles. The van der Waals surface area contributed by atoms with Gasteiger partial charge in [0.2, 0.25) is 5.91 Å². The third-order valence-corrected chi connectivity index (χ3v) is 4.78. The van der Waals surface area contributed by atoms with Gasteiger partial charge in [0.25, 0.3) is 0 Å². The summed E-state index contributed by atoms with van der Waals surface area (Å²) in [5.41, 5.74) is 0.0492. The highest BCUT2D eigenvalue weighted by Crippen LogP contribution is 2.49. The first-order chi connectivity index (χ1) is 11.1. The van der Waals surface area contributed by atoms with Crippen molar-refractivity contribution in [1.82, 2.24) is 14.9 Å². The van der Waals surface area contributed by atoms with Gasteiger partial charge in [-0.1, -0.05) is 6.07 Å². The lowest BCUT2D eigenvalue weighted by Crippen LogP contribution is -2.41. The molecule has 0 spiro atoms. The predicted molar refractivity (Wildman–Crippen MR) is 79.7 cm³/mol. The minimum absolute atomic E-state index is 0.0492. The Morgan fingerprint density at radius 2 is 2.09 bits per heavy atom. The van der Waals surface area contributed by atoms with Gasteiger partial charge in [-0.2, -0.15) is 0 Å². The van der Waals surface area contributed by atoms with Gasteiger partial charge in [0.15, 0.2) is 0 Å². The molecular formula is C17H17F2N3O. The van der Waals surface area contributed by atoms with E-state index in [0.29, 0.717) is 13.0 Å². The lowest BCUT2D eigenvalue weighted by Gasteiger charge is -2.24. The SMILES string of the molecule is O=C(N[C@@H]1CCc2nccn2C1)[C@H]1C[C@@H]1c1c(F)cccc1F. The maximum Gasteiger partial charge on any atom is 0.224 e. The van der Waals surface area contributed by atoms with E-state index < -0.39 is 11.6 Å². The summed E-state index contributed by atoms with van der Waals surface area (Å²) < 4.78 is 29.6. The van der Waals surface area contributed by atoms with E-state index in [1.165, 1.54) is 18.2 Å². The van der Waals surface area contributed by atoms with Gasteiger partial charge in [0.05, 0.1) is 0 Å². The zero-order valence-corrected chi connectivity index (χ0v) is 12.5. The van der Waals surface area contributed by atoms with Gasteiger partial charge in [-0.05, 0) is 25.0 Å². The molecule has 23 heavy (non-hydrogen) atoms. The summed E-state index contributed by atoms with van der Waals surface area (Å²) in [6.07, 6.45) is 5.84. The highest BCUT2D eigenvalue weighted by atomic mass is 19.1. The van der Waals surface area contributed by atoms with Gasteiger partial charge >= 0.3 is 0 Å². The van der Waals surface area contributed by atoms with Crippen molar-refractivity contribution >= 4 is 5.91 Å². The van der Waals surface area contributed by atoms with Crippen LogP contribution in [0, 0.1) is 17.6 Å². The molecule has 1 amide bonds.